The number of hydrogen-bond donors (Lipinski definition) is 0. The highest BCUT2D eigenvalue weighted by molar-refractivity contribution is 5.88. The Kier molecular flexibility index (Phi) is 7.49. The predicted octanol–water partition coefficient (Wildman–Crippen LogP) is 5.31. The van der Waals surface area contributed by atoms with Gasteiger partial charge >= 0.3 is 6.03 Å². The molecule has 2 aromatic rings. The number of piperidine rings is 1. The van der Waals surface area contributed by atoms with E-state index < -0.39 is 0 Å². The van der Waals surface area contributed by atoms with Gasteiger partial charge < -0.3 is 23.8 Å². The fourth-order valence-corrected chi connectivity index (χ4v) is 6.44. The molecule has 0 aromatic heterocycles. The lowest BCUT2D eigenvalue weighted by Gasteiger charge is -2.44. The summed E-state index contributed by atoms with van der Waals surface area (Å²) in [6, 6.07) is 10.0. The van der Waals surface area contributed by atoms with Gasteiger partial charge in [-0.05, 0) is 67.7 Å². The van der Waals surface area contributed by atoms with Crippen LogP contribution in [0.15, 0.2) is 48.2 Å². The Morgan fingerprint density at radius 1 is 0.897 bits per heavy atom. The van der Waals surface area contributed by atoms with E-state index in [4.69, 9.17) is 18.9 Å². The zero-order chi connectivity index (χ0) is 27.7. The van der Waals surface area contributed by atoms with Crippen molar-refractivity contribution in [2.24, 2.45) is 0 Å². The third-order valence-electron chi connectivity index (χ3n) is 8.40. The third-order valence-corrected chi connectivity index (χ3v) is 8.40. The van der Waals surface area contributed by atoms with Crippen molar-refractivity contribution in [2.45, 2.75) is 45.3 Å². The van der Waals surface area contributed by atoms with E-state index in [1.807, 2.05) is 30.0 Å². The number of benzene rings is 2. The molecule has 0 unspecified atom stereocenters. The molecule has 3 aliphatic heterocycles. The van der Waals surface area contributed by atoms with Crippen LogP contribution in [0.1, 0.15) is 43.4 Å². The normalized spacial score (nSPS) is 19.5. The Labute approximate surface area is 231 Å². The van der Waals surface area contributed by atoms with Gasteiger partial charge in [0.1, 0.15) is 23.0 Å². The molecule has 0 atom stereocenters. The van der Waals surface area contributed by atoms with Gasteiger partial charge in [-0.1, -0.05) is 6.08 Å². The Morgan fingerprint density at radius 3 is 2.10 bits per heavy atom. The van der Waals surface area contributed by atoms with Gasteiger partial charge in [-0.25, -0.2) is 4.79 Å². The van der Waals surface area contributed by atoms with Crippen LogP contribution in [0.4, 0.5) is 4.79 Å². The number of allylic oxidation sites excluding steroid dienone is 3. The largest absolute Gasteiger partial charge is 0.497 e. The topological polar surface area (TPSA) is 63.7 Å². The number of likely N-dealkylation sites (tertiary alicyclic amines) is 1. The summed E-state index contributed by atoms with van der Waals surface area (Å²) in [6.07, 6.45) is 6.06. The maximum Gasteiger partial charge on any atom is 0.325 e. The average molecular weight is 534 g/mol. The molecule has 39 heavy (non-hydrogen) atoms. The molecule has 8 heteroatoms. The van der Waals surface area contributed by atoms with Gasteiger partial charge in [-0.15, -0.1) is 0 Å². The average Bonchev–Trinajstić information content (AvgIpc) is 3.07. The zero-order valence-electron chi connectivity index (χ0n) is 23.9. The molecule has 8 nitrogen and oxygen atoms in total. The van der Waals surface area contributed by atoms with Gasteiger partial charge in [0.2, 0.25) is 0 Å². The maximum atomic E-state index is 13.9. The number of urea groups is 1. The van der Waals surface area contributed by atoms with E-state index in [9.17, 15) is 4.79 Å². The fraction of sp³-hybridized carbons (Fsp3) is 0.452. The summed E-state index contributed by atoms with van der Waals surface area (Å²) < 4.78 is 22.3. The molecular weight excluding hydrogens is 494 g/mol. The minimum atomic E-state index is -0.345. The lowest BCUT2D eigenvalue weighted by atomic mass is 9.82. The molecule has 0 aliphatic carbocycles. The van der Waals surface area contributed by atoms with Crippen LogP contribution in [0, 0.1) is 0 Å². The van der Waals surface area contributed by atoms with Crippen molar-refractivity contribution in [3.05, 3.63) is 64.9 Å². The van der Waals surface area contributed by atoms with Crippen LogP contribution in [0.5, 0.6) is 23.0 Å². The standard InChI is InChI=1S/C31H39N3O5/c1-7-22-16-28-31(9-11-32(12-10-31)19-21-13-24(36-3)17-25(14-21)37-4)34(8-2)30(35)33(28)20-23-15-26(38-5)18-27(39-6)29(22)23/h7,13-18H,8-12,19-20H2,1-6H3/b22-7+. The van der Waals surface area contributed by atoms with Gasteiger partial charge in [-0.3, -0.25) is 9.80 Å². The number of hydrogen-bond acceptors (Lipinski definition) is 6. The van der Waals surface area contributed by atoms with Crippen molar-refractivity contribution >= 4 is 11.6 Å². The number of nitrogens with zero attached hydrogens (tertiary/aromatic N) is 3. The zero-order valence-corrected chi connectivity index (χ0v) is 23.9. The molecule has 208 valence electrons. The molecular formula is C31H39N3O5. The molecule has 0 bridgehead atoms. The SMILES string of the molecule is C/C=C1\C=C2N(Cc3cc(OC)cc(OC)c31)C(=O)N(CC)C21CCN(Cc2cc(OC)cc(OC)c2)CC1. The van der Waals surface area contributed by atoms with Crippen molar-refractivity contribution in [1.29, 1.82) is 0 Å². The van der Waals surface area contributed by atoms with E-state index >= 15 is 0 Å². The number of amides is 2. The monoisotopic (exact) mass is 533 g/mol. The second kappa shape index (κ2) is 10.8. The number of ether oxygens (including phenoxy) is 4. The van der Waals surface area contributed by atoms with E-state index in [2.05, 4.69) is 41.0 Å². The third kappa shape index (κ3) is 4.61. The summed E-state index contributed by atoms with van der Waals surface area (Å²) in [7, 11) is 6.69. The van der Waals surface area contributed by atoms with Crippen LogP contribution in [0.2, 0.25) is 0 Å². The van der Waals surface area contributed by atoms with Crippen molar-refractivity contribution in [3.63, 3.8) is 0 Å². The highest BCUT2D eigenvalue weighted by atomic mass is 16.5. The Bertz CT molecular complexity index is 1290. The first kappa shape index (κ1) is 26.9. The van der Waals surface area contributed by atoms with Crippen LogP contribution in [-0.4, -0.2) is 74.3 Å². The molecule has 2 aromatic carbocycles. The molecule has 5 rings (SSSR count). The van der Waals surface area contributed by atoms with Crippen LogP contribution >= 0.6 is 0 Å². The molecule has 3 aliphatic rings. The molecule has 3 heterocycles. The number of likely N-dealkylation sites (N-methyl/N-ethyl adjacent to an activating group) is 1. The van der Waals surface area contributed by atoms with Crippen LogP contribution < -0.4 is 18.9 Å². The van der Waals surface area contributed by atoms with E-state index in [0.717, 1.165) is 83.4 Å². The number of rotatable bonds is 7. The van der Waals surface area contributed by atoms with E-state index in [-0.39, 0.29) is 11.6 Å². The number of methoxy groups -OCH3 is 4. The summed E-state index contributed by atoms with van der Waals surface area (Å²) in [6.45, 7) is 7.83. The Balaban J connectivity index is 1.47. The van der Waals surface area contributed by atoms with Crippen LogP contribution in [0.25, 0.3) is 5.57 Å². The number of carbonyl (C=O) groups is 1. The second-order valence-corrected chi connectivity index (χ2v) is 10.3. The smallest absolute Gasteiger partial charge is 0.325 e. The quantitative estimate of drug-likeness (QED) is 0.481. The van der Waals surface area contributed by atoms with E-state index in [0.29, 0.717) is 13.1 Å². The molecule has 1 spiro atoms. The molecule has 0 radical (unpaired) electrons. The lowest BCUT2D eigenvalue weighted by Crippen LogP contribution is -2.53. The molecule has 2 saturated heterocycles. The highest BCUT2D eigenvalue weighted by Gasteiger charge is 2.54. The first-order valence-electron chi connectivity index (χ1n) is 13.6. The first-order valence-corrected chi connectivity index (χ1v) is 13.6. The molecule has 2 amide bonds. The summed E-state index contributed by atoms with van der Waals surface area (Å²) in [5, 5.41) is 0. The Morgan fingerprint density at radius 2 is 1.54 bits per heavy atom. The molecule has 0 saturated carbocycles. The van der Waals surface area contributed by atoms with Crippen molar-refractivity contribution < 1.29 is 23.7 Å². The van der Waals surface area contributed by atoms with Crippen LogP contribution in [-0.2, 0) is 13.1 Å². The van der Waals surface area contributed by atoms with Crippen molar-refractivity contribution in [2.75, 3.05) is 48.1 Å². The van der Waals surface area contributed by atoms with E-state index in [1.165, 1.54) is 0 Å². The van der Waals surface area contributed by atoms with Gasteiger partial charge in [0, 0.05) is 49.6 Å². The molecule has 2 fully saturated rings. The fourth-order valence-electron chi connectivity index (χ4n) is 6.44. The summed E-state index contributed by atoms with van der Waals surface area (Å²) in [4.78, 5) is 20.4. The summed E-state index contributed by atoms with van der Waals surface area (Å²) in [5.74, 6) is 3.07. The highest BCUT2D eigenvalue weighted by Crippen LogP contribution is 2.49. The van der Waals surface area contributed by atoms with Crippen molar-refractivity contribution in [1.82, 2.24) is 14.7 Å². The second-order valence-electron chi connectivity index (χ2n) is 10.3. The van der Waals surface area contributed by atoms with Gasteiger partial charge in [0.05, 0.1) is 40.5 Å². The first-order chi connectivity index (χ1) is 18.9. The molecule has 0 N–H and O–H groups in total. The summed E-state index contributed by atoms with van der Waals surface area (Å²) in [5.41, 5.74) is 5.01. The van der Waals surface area contributed by atoms with Crippen molar-refractivity contribution in [3.8, 4) is 23.0 Å². The van der Waals surface area contributed by atoms with Gasteiger partial charge in [0.15, 0.2) is 0 Å². The Hall–Kier alpha value is -3.65. The number of fused-ring (bicyclic) bond motifs is 3. The predicted molar refractivity (Wildman–Crippen MR) is 151 cm³/mol. The van der Waals surface area contributed by atoms with E-state index in [1.54, 1.807) is 28.4 Å². The number of carbonyl (C=O) groups excluding carboxylic acids is 1. The summed E-state index contributed by atoms with van der Waals surface area (Å²) >= 11 is 0. The minimum Gasteiger partial charge on any atom is -0.497 e. The van der Waals surface area contributed by atoms with Gasteiger partial charge in [-0.2, -0.15) is 0 Å². The maximum absolute atomic E-state index is 13.9. The minimum absolute atomic E-state index is 0.0693. The lowest BCUT2D eigenvalue weighted by molar-refractivity contribution is 0.0890. The van der Waals surface area contributed by atoms with Crippen LogP contribution in [0.3, 0.4) is 0 Å². The van der Waals surface area contributed by atoms with Gasteiger partial charge in [0.25, 0.3) is 0 Å².